The molecule has 0 atom stereocenters. The highest BCUT2D eigenvalue weighted by Crippen LogP contribution is 1.88. The Morgan fingerprint density at radius 2 is 2.10 bits per heavy atom. The van der Waals surface area contributed by atoms with E-state index < -0.39 is 10.1 Å². The summed E-state index contributed by atoms with van der Waals surface area (Å²) in [5.41, 5.74) is 0. The van der Waals surface area contributed by atoms with Crippen LogP contribution in [0.1, 0.15) is 6.42 Å². The largest absolute Gasteiger partial charge is 0.286 e. The van der Waals surface area contributed by atoms with Gasteiger partial charge in [0.2, 0.25) is 6.29 Å². The Morgan fingerprint density at radius 1 is 1.50 bits per heavy atom. The van der Waals surface area contributed by atoms with E-state index in [9.17, 15) is 13.2 Å². The van der Waals surface area contributed by atoms with Gasteiger partial charge in [0.15, 0.2) is 0 Å². The molecule has 0 aromatic heterocycles. The van der Waals surface area contributed by atoms with Gasteiger partial charge in [-0.2, -0.15) is 8.42 Å². The van der Waals surface area contributed by atoms with Crippen LogP contribution in [0, 0.1) is 0 Å². The monoisotopic (exact) mass is 163 g/mol. The van der Waals surface area contributed by atoms with Crippen molar-refractivity contribution in [2.24, 2.45) is 0 Å². The number of allylic oxidation sites excluding steroid dienone is 2. The average Bonchev–Trinajstić information content (AvgIpc) is 1.78. The molecule has 0 aliphatic carbocycles. The van der Waals surface area contributed by atoms with E-state index in [0.29, 0.717) is 0 Å². The normalized spacial score (nSPS) is 12.1. The van der Waals surface area contributed by atoms with Crippen LogP contribution in [0.4, 0.5) is 0 Å². The highest BCUT2D eigenvalue weighted by Gasteiger charge is 1.99. The van der Waals surface area contributed by atoms with Crippen molar-refractivity contribution < 1.29 is 17.8 Å². The fourth-order valence-corrected chi connectivity index (χ4v) is 0.782. The van der Waals surface area contributed by atoms with Crippen molar-refractivity contribution >= 4 is 16.4 Å². The van der Waals surface area contributed by atoms with Crippen molar-refractivity contribution in [1.29, 1.82) is 0 Å². The first kappa shape index (κ1) is 9.32. The van der Waals surface area contributed by atoms with Crippen LogP contribution in [0.2, 0.25) is 0 Å². The number of rotatable bonds is 4. The molecule has 0 amide bonds. The Bertz CT molecular complexity index is 214. The van der Waals surface area contributed by atoms with Crippen LogP contribution in [0.3, 0.4) is 0 Å². The predicted octanol–water partition coefficient (Wildman–Crippen LogP) is -0.0698. The lowest BCUT2D eigenvalue weighted by Gasteiger charge is -1.88. The molecule has 0 unspecified atom stereocenters. The van der Waals surface area contributed by atoms with Crippen LogP contribution in [-0.4, -0.2) is 25.0 Å². The number of hydrogen-bond donors (Lipinski definition) is 1. The molecule has 0 spiro atoms. The number of hydrogen-bond acceptors (Lipinski definition) is 3. The SMILES string of the molecule is O=[C]C=CCCS(=O)(=O)O. The lowest BCUT2D eigenvalue weighted by Crippen LogP contribution is -2.01. The fourth-order valence-electron chi connectivity index (χ4n) is 0.348. The fraction of sp³-hybridized carbons (Fsp3) is 0.400. The molecule has 0 rings (SSSR count). The molecule has 0 aliphatic heterocycles. The quantitative estimate of drug-likeness (QED) is 0.465. The minimum Gasteiger partial charge on any atom is -0.286 e. The molecule has 5 heteroatoms. The third-order valence-corrected chi connectivity index (χ3v) is 1.48. The highest BCUT2D eigenvalue weighted by atomic mass is 32.2. The van der Waals surface area contributed by atoms with Gasteiger partial charge in [-0.05, 0) is 12.5 Å². The third-order valence-electron chi connectivity index (χ3n) is 0.728. The van der Waals surface area contributed by atoms with E-state index in [-0.39, 0.29) is 12.2 Å². The molecule has 0 aromatic rings. The van der Waals surface area contributed by atoms with Gasteiger partial charge in [0.25, 0.3) is 10.1 Å². The Labute approximate surface area is 59.3 Å². The van der Waals surface area contributed by atoms with Crippen LogP contribution in [-0.2, 0) is 14.9 Å². The van der Waals surface area contributed by atoms with Gasteiger partial charge in [-0.15, -0.1) is 0 Å². The predicted molar refractivity (Wildman–Crippen MR) is 35.9 cm³/mol. The summed E-state index contributed by atoms with van der Waals surface area (Å²) in [5.74, 6) is -0.356. The molecule has 57 valence electrons. The van der Waals surface area contributed by atoms with Crippen LogP contribution in [0.5, 0.6) is 0 Å². The topological polar surface area (TPSA) is 71.4 Å². The maximum absolute atomic E-state index is 10.0. The van der Waals surface area contributed by atoms with Crippen molar-refractivity contribution in [2.45, 2.75) is 6.42 Å². The standard InChI is InChI=1S/C5H7O4S/c6-4-2-1-3-5-10(7,8)9/h1-2H,3,5H2,(H,7,8,9). The molecular weight excluding hydrogens is 156 g/mol. The summed E-state index contributed by atoms with van der Waals surface area (Å²) in [7, 11) is -3.89. The van der Waals surface area contributed by atoms with E-state index in [0.717, 1.165) is 6.08 Å². The first-order valence-corrected chi connectivity index (χ1v) is 4.15. The van der Waals surface area contributed by atoms with E-state index in [1.54, 1.807) is 0 Å². The van der Waals surface area contributed by atoms with Crippen molar-refractivity contribution in [1.82, 2.24) is 0 Å². The minimum atomic E-state index is -3.89. The zero-order chi connectivity index (χ0) is 8.04. The zero-order valence-electron chi connectivity index (χ0n) is 5.15. The van der Waals surface area contributed by atoms with E-state index in [1.807, 2.05) is 0 Å². The molecule has 4 nitrogen and oxygen atoms in total. The van der Waals surface area contributed by atoms with E-state index in [1.165, 1.54) is 12.4 Å². The van der Waals surface area contributed by atoms with Gasteiger partial charge in [0, 0.05) is 0 Å². The second-order valence-electron chi connectivity index (χ2n) is 1.59. The molecule has 1 N–H and O–H groups in total. The summed E-state index contributed by atoms with van der Waals surface area (Å²) in [4.78, 5) is 9.51. The molecular formula is C5H7O4S. The van der Waals surface area contributed by atoms with Crippen LogP contribution >= 0.6 is 0 Å². The average molecular weight is 163 g/mol. The van der Waals surface area contributed by atoms with Crippen LogP contribution < -0.4 is 0 Å². The summed E-state index contributed by atoms with van der Waals surface area (Å²) >= 11 is 0. The minimum absolute atomic E-state index is 0.133. The smallest absolute Gasteiger partial charge is 0.265 e. The summed E-state index contributed by atoms with van der Waals surface area (Å²) < 4.78 is 28.2. The maximum Gasteiger partial charge on any atom is 0.265 e. The Balaban J connectivity index is 3.57. The van der Waals surface area contributed by atoms with Gasteiger partial charge >= 0.3 is 0 Å². The molecule has 0 fully saturated rings. The van der Waals surface area contributed by atoms with E-state index >= 15 is 0 Å². The molecule has 0 heterocycles. The van der Waals surface area contributed by atoms with Crippen molar-refractivity contribution in [3.63, 3.8) is 0 Å². The van der Waals surface area contributed by atoms with E-state index in [2.05, 4.69) is 0 Å². The molecule has 10 heavy (non-hydrogen) atoms. The first-order chi connectivity index (χ1) is 4.56. The van der Waals surface area contributed by atoms with Gasteiger partial charge < -0.3 is 0 Å². The van der Waals surface area contributed by atoms with Crippen LogP contribution in [0.15, 0.2) is 12.2 Å². The second kappa shape index (κ2) is 4.19. The summed E-state index contributed by atoms with van der Waals surface area (Å²) in [5, 5.41) is 0. The Kier molecular flexibility index (Phi) is 3.90. The van der Waals surface area contributed by atoms with Gasteiger partial charge in [0.1, 0.15) is 0 Å². The molecule has 0 aliphatic rings. The van der Waals surface area contributed by atoms with Gasteiger partial charge in [0.05, 0.1) is 5.75 Å². The Hall–Kier alpha value is -0.680. The van der Waals surface area contributed by atoms with Crippen molar-refractivity contribution in [3.05, 3.63) is 12.2 Å². The lowest BCUT2D eigenvalue weighted by atomic mass is 10.4. The summed E-state index contributed by atoms with van der Waals surface area (Å²) in [6.07, 6.45) is 3.96. The third kappa shape index (κ3) is 7.32. The lowest BCUT2D eigenvalue weighted by molar-refractivity contribution is 0.483. The van der Waals surface area contributed by atoms with Crippen molar-refractivity contribution in [3.8, 4) is 0 Å². The van der Waals surface area contributed by atoms with Gasteiger partial charge in [-0.25, -0.2) is 0 Å². The summed E-state index contributed by atoms with van der Waals surface area (Å²) in [6, 6.07) is 0. The van der Waals surface area contributed by atoms with E-state index in [4.69, 9.17) is 4.55 Å². The first-order valence-electron chi connectivity index (χ1n) is 2.54. The highest BCUT2D eigenvalue weighted by molar-refractivity contribution is 7.85. The number of carbonyl (C=O) groups excluding carboxylic acids is 1. The van der Waals surface area contributed by atoms with Gasteiger partial charge in [-0.3, -0.25) is 9.35 Å². The molecule has 0 saturated heterocycles. The molecule has 1 radical (unpaired) electrons. The zero-order valence-corrected chi connectivity index (χ0v) is 5.97. The Morgan fingerprint density at radius 3 is 2.50 bits per heavy atom. The van der Waals surface area contributed by atoms with Gasteiger partial charge in [-0.1, -0.05) is 6.08 Å². The molecule has 0 saturated carbocycles. The summed E-state index contributed by atoms with van der Waals surface area (Å²) in [6.45, 7) is 0. The molecule has 0 aromatic carbocycles. The second-order valence-corrected chi connectivity index (χ2v) is 3.17. The van der Waals surface area contributed by atoms with Crippen LogP contribution in [0.25, 0.3) is 0 Å². The van der Waals surface area contributed by atoms with Crippen molar-refractivity contribution in [2.75, 3.05) is 5.75 Å². The maximum atomic E-state index is 10.0. The molecule has 0 bridgehead atoms.